The molecule has 1 aromatic carbocycles. The molecule has 0 bridgehead atoms. The van der Waals surface area contributed by atoms with E-state index in [1.807, 2.05) is 0 Å². The van der Waals surface area contributed by atoms with Gasteiger partial charge in [-0.05, 0) is 23.6 Å². The molecule has 0 spiro atoms. The number of hydrogen-bond donors (Lipinski definition) is 1. The van der Waals surface area contributed by atoms with E-state index in [0.29, 0.717) is 16.3 Å². The maximum atomic E-state index is 12.5. The maximum absolute atomic E-state index is 12.5. The SMILES string of the molecule is COc1ccsc1C(=O)N(CC(=O)O)c1ccccc1. The van der Waals surface area contributed by atoms with Gasteiger partial charge in [0.1, 0.15) is 17.2 Å². The largest absolute Gasteiger partial charge is 0.495 e. The molecule has 0 radical (unpaired) electrons. The minimum absolute atomic E-state index is 0.384. The summed E-state index contributed by atoms with van der Waals surface area (Å²) in [6, 6.07) is 10.4. The van der Waals surface area contributed by atoms with Gasteiger partial charge in [0.05, 0.1) is 7.11 Å². The molecule has 2 rings (SSSR count). The number of amides is 1. The van der Waals surface area contributed by atoms with E-state index in [1.54, 1.807) is 41.8 Å². The van der Waals surface area contributed by atoms with Crippen LogP contribution in [0.15, 0.2) is 41.8 Å². The van der Waals surface area contributed by atoms with Crippen molar-refractivity contribution in [3.05, 3.63) is 46.7 Å². The average Bonchev–Trinajstić information content (AvgIpc) is 2.93. The molecule has 1 heterocycles. The molecular weight excluding hydrogens is 278 g/mol. The fraction of sp³-hybridized carbons (Fsp3) is 0.143. The molecule has 0 aliphatic carbocycles. The van der Waals surface area contributed by atoms with Crippen LogP contribution >= 0.6 is 11.3 Å². The van der Waals surface area contributed by atoms with E-state index in [2.05, 4.69) is 0 Å². The summed E-state index contributed by atoms with van der Waals surface area (Å²) in [5, 5.41) is 10.7. The van der Waals surface area contributed by atoms with E-state index in [4.69, 9.17) is 9.84 Å². The lowest BCUT2D eigenvalue weighted by Gasteiger charge is -2.20. The molecule has 0 aliphatic heterocycles. The number of aliphatic carboxylic acids is 1. The van der Waals surface area contributed by atoms with Crippen molar-refractivity contribution in [1.82, 2.24) is 0 Å². The zero-order valence-corrected chi connectivity index (χ0v) is 11.6. The highest BCUT2D eigenvalue weighted by atomic mass is 32.1. The number of rotatable bonds is 5. The molecule has 0 atom stereocenters. The van der Waals surface area contributed by atoms with Crippen LogP contribution in [0.3, 0.4) is 0 Å². The van der Waals surface area contributed by atoms with Crippen LogP contribution in [0.2, 0.25) is 0 Å². The Balaban J connectivity index is 2.37. The van der Waals surface area contributed by atoms with Crippen LogP contribution in [0.1, 0.15) is 9.67 Å². The number of carbonyl (C=O) groups is 2. The fourth-order valence-electron chi connectivity index (χ4n) is 1.76. The van der Waals surface area contributed by atoms with Gasteiger partial charge >= 0.3 is 5.97 Å². The van der Waals surface area contributed by atoms with E-state index >= 15 is 0 Å². The molecule has 1 N–H and O–H groups in total. The molecule has 104 valence electrons. The highest BCUT2D eigenvalue weighted by Gasteiger charge is 2.24. The Kier molecular flexibility index (Phi) is 4.37. The van der Waals surface area contributed by atoms with Gasteiger partial charge < -0.3 is 9.84 Å². The summed E-state index contributed by atoms with van der Waals surface area (Å²) in [6.07, 6.45) is 0. The number of anilines is 1. The minimum atomic E-state index is -1.07. The van der Waals surface area contributed by atoms with E-state index in [9.17, 15) is 9.59 Å². The number of carbonyl (C=O) groups excluding carboxylic acids is 1. The summed E-state index contributed by atoms with van der Waals surface area (Å²) in [7, 11) is 1.48. The summed E-state index contributed by atoms with van der Waals surface area (Å²) in [4.78, 5) is 25.1. The zero-order chi connectivity index (χ0) is 14.5. The van der Waals surface area contributed by atoms with Gasteiger partial charge in [-0.15, -0.1) is 11.3 Å². The summed E-state index contributed by atoms with van der Waals surface area (Å²) in [6.45, 7) is -0.399. The number of thiophene rings is 1. The average molecular weight is 291 g/mol. The van der Waals surface area contributed by atoms with Crippen molar-refractivity contribution in [2.24, 2.45) is 0 Å². The third kappa shape index (κ3) is 2.97. The molecule has 0 unspecified atom stereocenters. The maximum Gasteiger partial charge on any atom is 0.323 e. The molecule has 0 fully saturated rings. The molecule has 2 aromatic rings. The van der Waals surface area contributed by atoms with Gasteiger partial charge in [0.25, 0.3) is 5.91 Å². The van der Waals surface area contributed by atoms with Gasteiger partial charge in [0.2, 0.25) is 0 Å². The van der Waals surface area contributed by atoms with Gasteiger partial charge in [-0.25, -0.2) is 0 Å². The van der Waals surface area contributed by atoms with Gasteiger partial charge in [0.15, 0.2) is 0 Å². The predicted octanol–water partition coefficient (Wildman–Crippen LogP) is 2.49. The Hall–Kier alpha value is -2.34. The molecule has 0 saturated heterocycles. The topological polar surface area (TPSA) is 66.8 Å². The molecular formula is C14H13NO4S. The monoisotopic (exact) mass is 291 g/mol. The van der Waals surface area contributed by atoms with Crippen LogP contribution < -0.4 is 9.64 Å². The number of methoxy groups -OCH3 is 1. The molecule has 0 aliphatic rings. The summed E-state index contributed by atoms with van der Waals surface area (Å²) in [5.41, 5.74) is 0.537. The van der Waals surface area contributed by atoms with Crippen LogP contribution in [0.5, 0.6) is 5.75 Å². The zero-order valence-electron chi connectivity index (χ0n) is 10.8. The summed E-state index contributed by atoms with van der Waals surface area (Å²) >= 11 is 1.22. The third-order valence-corrected chi connectivity index (χ3v) is 3.53. The first-order valence-electron chi connectivity index (χ1n) is 5.83. The molecule has 5 nitrogen and oxygen atoms in total. The predicted molar refractivity (Wildman–Crippen MR) is 76.6 cm³/mol. The number of carboxylic acid groups (broad SMARTS) is 1. The fourth-order valence-corrected chi connectivity index (χ4v) is 2.57. The lowest BCUT2D eigenvalue weighted by Crippen LogP contribution is -2.35. The van der Waals surface area contributed by atoms with Crippen molar-refractivity contribution in [2.75, 3.05) is 18.6 Å². The molecule has 0 saturated carbocycles. The lowest BCUT2D eigenvalue weighted by atomic mass is 10.2. The Morgan fingerprint density at radius 2 is 1.95 bits per heavy atom. The minimum Gasteiger partial charge on any atom is -0.495 e. The molecule has 20 heavy (non-hydrogen) atoms. The van der Waals surface area contributed by atoms with Crippen LogP contribution in [-0.2, 0) is 4.79 Å². The second-order valence-electron chi connectivity index (χ2n) is 3.94. The Morgan fingerprint density at radius 1 is 1.25 bits per heavy atom. The van der Waals surface area contributed by atoms with Crippen molar-refractivity contribution >= 4 is 28.9 Å². The van der Waals surface area contributed by atoms with Crippen LogP contribution in [0, 0.1) is 0 Å². The van der Waals surface area contributed by atoms with E-state index in [1.165, 1.54) is 23.3 Å². The van der Waals surface area contributed by atoms with Gasteiger partial charge in [-0.3, -0.25) is 14.5 Å². The standard InChI is InChI=1S/C14H13NO4S/c1-19-11-7-8-20-13(11)14(18)15(9-12(16)17)10-5-3-2-4-6-10/h2-8H,9H2,1H3,(H,16,17). The summed E-state index contributed by atoms with van der Waals surface area (Å²) in [5.74, 6) is -1.01. The number of benzene rings is 1. The van der Waals surface area contributed by atoms with Crippen molar-refractivity contribution < 1.29 is 19.4 Å². The van der Waals surface area contributed by atoms with Crippen molar-refractivity contribution in [3.8, 4) is 5.75 Å². The second kappa shape index (κ2) is 6.21. The van der Waals surface area contributed by atoms with Crippen LogP contribution in [-0.4, -0.2) is 30.6 Å². The number of carboxylic acids is 1. The third-order valence-electron chi connectivity index (χ3n) is 2.65. The first kappa shape index (κ1) is 14.1. The Bertz CT molecular complexity index is 609. The van der Waals surface area contributed by atoms with Gasteiger partial charge in [0, 0.05) is 5.69 Å². The van der Waals surface area contributed by atoms with E-state index in [-0.39, 0.29) is 5.91 Å². The molecule has 1 amide bonds. The number of ether oxygens (including phenoxy) is 1. The number of nitrogens with zero attached hydrogens (tertiary/aromatic N) is 1. The van der Waals surface area contributed by atoms with Crippen LogP contribution in [0.4, 0.5) is 5.69 Å². The Labute approximate surface area is 120 Å². The summed E-state index contributed by atoms with van der Waals surface area (Å²) < 4.78 is 5.11. The smallest absolute Gasteiger partial charge is 0.323 e. The van der Waals surface area contributed by atoms with Gasteiger partial charge in [-0.1, -0.05) is 18.2 Å². The van der Waals surface area contributed by atoms with Crippen molar-refractivity contribution in [1.29, 1.82) is 0 Å². The van der Waals surface area contributed by atoms with Crippen LogP contribution in [0.25, 0.3) is 0 Å². The first-order chi connectivity index (χ1) is 9.63. The quantitative estimate of drug-likeness (QED) is 0.919. The lowest BCUT2D eigenvalue weighted by molar-refractivity contribution is -0.135. The van der Waals surface area contributed by atoms with Crippen molar-refractivity contribution in [2.45, 2.75) is 0 Å². The van der Waals surface area contributed by atoms with Crippen molar-refractivity contribution in [3.63, 3.8) is 0 Å². The highest BCUT2D eigenvalue weighted by molar-refractivity contribution is 7.12. The first-order valence-corrected chi connectivity index (χ1v) is 6.71. The normalized spacial score (nSPS) is 10.1. The van der Waals surface area contributed by atoms with Gasteiger partial charge in [-0.2, -0.15) is 0 Å². The van der Waals surface area contributed by atoms with E-state index < -0.39 is 12.5 Å². The number of para-hydroxylation sites is 1. The molecule has 6 heteroatoms. The number of hydrogen-bond acceptors (Lipinski definition) is 4. The highest BCUT2D eigenvalue weighted by Crippen LogP contribution is 2.27. The molecule has 1 aromatic heterocycles. The second-order valence-corrected chi connectivity index (χ2v) is 4.85. The van der Waals surface area contributed by atoms with E-state index in [0.717, 1.165) is 0 Å². The Morgan fingerprint density at radius 3 is 2.55 bits per heavy atom.